The molecule has 1 atom stereocenters. The summed E-state index contributed by atoms with van der Waals surface area (Å²) in [6.07, 6.45) is -1.72. The van der Waals surface area contributed by atoms with Gasteiger partial charge in [-0.3, -0.25) is 19.7 Å². The second kappa shape index (κ2) is 8.49. The van der Waals surface area contributed by atoms with Gasteiger partial charge in [-0.25, -0.2) is 9.59 Å². The molecule has 0 aromatic heterocycles. The fraction of sp³-hybridized carbons (Fsp3) is 0.522. The van der Waals surface area contributed by atoms with Crippen LogP contribution in [0.1, 0.15) is 70.3 Å². The number of rotatable bonds is 2. The van der Waals surface area contributed by atoms with E-state index in [0.717, 1.165) is 0 Å². The Kier molecular flexibility index (Phi) is 6.23. The number of carbonyl (C=O) groups is 5. The van der Waals surface area contributed by atoms with Crippen molar-refractivity contribution in [2.45, 2.75) is 78.2 Å². The third-order valence-electron chi connectivity index (χ3n) is 4.97. The monoisotopic (exact) mass is 459 g/mol. The van der Waals surface area contributed by atoms with Crippen LogP contribution in [0.2, 0.25) is 0 Å². The van der Waals surface area contributed by atoms with E-state index < -0.39 is 47.2 Å². The van der Waals surface area contributed by atoms with E-state index in [1.165, 1.54) is 4.90 Å². The first kappa shape index (κ1) is 24.2. The van der Waals surface area contributed by atoms with Crippen LogP contribution in [0.4, 0.5) is 15.3 Å². The minimum atomic E-state index is -1.06. The molecule has 0 aliphatic carbocycles. The molecule has 1 fully saturated rings. The number of ether oxygens (including phenoxy) is 2. The van der Waals surface area contributed by atoms with E-state index >= 15 is 0 Å². The first-order valence-electron chi connectivity index (χ1n) is 10.7. The van der Waals surface area contributed by atoms with Gasteiger partial charge in [0.2, 0.25) is 5.91 Å². The topological polar surface area (TPSA) is 122 Å². The molecule has 0 bridgehead atoms. The number of nitrogens with one attached hydrogen (secondary N) is 1. The molecule has 1 aromatic rings. The smallest absolute Gasteiger partial charge is 0.424 e. The molecular formula is C23H29N3O7. The Hall–Kier alpha value is -3.43. The van der Waals surface area contributed by atoms with E-state index in [1.54, 1.807) is 59.7 Å². The lowest BCUT2D eigenvalue weighted by Crippen LogP contribution is -2.57. The summed E-state index contributed by atoms with van der Waals surface area (Å²) in [5.74, 6) is -1.89. The quantitative estimate of drug-likeness (QED) is 0.672. The highest BCUT2D eigenvalue weighted by Gasteiger charge is 2.46. The largest absolute Gasteiger partial charge is 0.444 e. The number of piperidine rings is 1. The second-order valence-corrected chi connectivity index (χ2v) is 9.99. The normalized spacial score (nSPS) is 18.8. The number of anilines is 1. The summed E-state index contributed by atoms with van der Waals surface area (Å²) in [5, 5.41) is 2.65. The van der Waals surface area contributed by atoms with Crippen LogP contribution in [0.25, 0.3) is 0 Å². The number of hydrogen-bond donors (Lipinski definition) is 1. The zero-order valence-electron chi connectivity index (χ0n) is 19.7. The van der Waals surface area contributed by atoms with Crippen LogP contribution in [-0.2, 0) is 25.6 Å². The van der Waals surface area contributed by atoms with Gasteiger partial charge < -0.3 is 14.4 Å². The molecule has 1 N–H and O–H groups in total. The van der Waals surface area contributed by atoms with Crippen LogP contribution in [-0.4, -0.2) is 57.0 Å². The number of imide groups is 3. The molecule has 2 aliphatic heterocycles. The van der Waals surface area contributed by atoms with E-state index in [-0.39, 0.29) is 19.4 Å². The van der Waals surface area contributed by atoms with Gasteiger partial charge in [0.05, 0.1) is 0 Å². The molecule has 178 valence electrons. The molecule has 0 saturated carbocycles. The number of hydrogen-bond acceptors (Lipinski definition) is 7. The Labute approximate surface area is 192 Å². The summed E-state index contributed by atoms with van der Waals surface area (Å²) in [4.78, 5) is 65.0. The molecule has 5 amide bonds. The van der Waals surface area contributed by atoms with Gasteiger partial charge in [-0.2, -0.15) is 4.90 Å². The third-order valence-corrected chi connectivity index (χ3v) is 4.97. The first-order valence-corrected chi connectivity index (χ1v) is 10.7. The molecule has 2 heterocycles. The Morgan fingerprint density at radius 1 is 1.00 bits per heavy atom. The maximum atomic E-state index is 13.1. The van der Waals surface area contributed by atoms with E-state index in [2.05, 4.69) is 5.32 Å². The van der Waals surface area contributed by atoms with Crippen LogP contribution >= 0.6 is 0 Å². The number of fused-ring (bicyclic) bond motifs is 1. The van der Waals surface area contributed by atoms with Crippen molar-refractivity contribution in [3.05, 3.63) is 29.3 Å². The Morgan fingerprint density at radius 3 is 2.24 bits per heavy atom. The number of nitrogens with zero attached hydrogens (tertiary/aromatic N) is 2. The summed E-state index contributed by atoms with van der Waals surface area (Å²) in [5.41, 5.74) is -0.345. The Balaban J connectivity index is 1.82. The van der Waals surface area contributed by atoms with Crippen molar-refractivity contribution in [1.29, 1.82) is 0 Å². The van der Waals surface area contributed by atoms with Crippen LogP contribution in [0.3, 0.4) is 0 Å². The standard InChI is InChI=1S/C23H29N3O7/c1-22(2,3)32-20(30)24-15-9-7-8-13-14(15)12-25(18(13)28)16-10-11-17(27)26(19(16)29)21(31)33-23(4,5)6/h7-9,16H,10-12H2,1-6H3,(H,24,30). The Morgan fingerprint density at radius 2 is 1.64 bits per heavy atom. The zero-order valence-corrected chi connectivity index (χ0v) is 19.7. The van der Waals surface area contributed by atoms with Crippen molar-refractivity contribution in [3.63, 3.8) is 0 Å². The van der Waals surface area contributed by atoms with Gasteiger partial charge in [-0.1, -0.05) is 6.07 Å². The maximum absolute atomic E-state index is 13.1. The summed E-state index contributed by atoms with van der Waals surface area (Å²) in [7, 11) is 0. The molecule has 33 heavy (non-hydrogen) atoms. The fourth-order valence-electron chi connectivity index (χ4n) is 3.69. The van der Waals surface area contributed by atoms with Gasteiger partial charge in [0.25, 0.3) is 11.8 Å². The number of benzene rings is 1. The number of likely N-dealkylation sites (tertiary alicyclic amines) is 1. The van der Waals surface area contributed by atoms with E-state index in [4.69, 9.17) is 9.47 Å². The molecule has 0 spiro atoms. The molecule has 1 saturated heterocycles. The highest BCUT2D eigenvalue weighted by atomic mass is 16.6. The average Bonchev–Trinajstić information content (AvgIpc) is 2.97. The predicted molar refractivity (Wildman–Crippen MR) is 117 cm³/mol. The summed E-state index contributed by atoms with van der Waals surface area (Å²) < 4.78 is 10.5. The maximum Gasteiger partial charge on any atom is 0.424 e. The summed E-state index contributed by atoms with van der Waals surface area (Å²) >= 11 is 0. The lowest BCUT2D eigenvalue weighted by Gasteiger charge is -2.35. The molecule has 1 aromatic carbocycles. The number of carbonyl (C=O) groups excluding carboxylic acids is 5. The van der Waals surface area contributed by atoms with E-state index in [0.29, 0.717) is 21.7 Å². The van der Waals surface area contributed by atoms with Crippen molar-refractivity contribution in [2.75, 3.05) is 5.32 Å². The van der Waals surface area contributed by atoms with Crippen molar-refractivity contribution in [1.82, 2.24) is 9.80 Å². The Bertz CT molecular complexity index is 1020. The van der Waals surface area contributed by atoms with Gasteiger partial charge in [-0.05, 0) is 60.1 Å². The SMILES string of the molecule is CC(C)(C)OC(=O)Nc1cccc2c1CN(C1CCC(=O)N(C(=O)OC(C)(C)C)C1=O)C2=O. The summed E-state index contributed by atoms with van der Waals surface area (Å²) in [6.45, 7) is 10.1. The third kappa shape index (κ3) is 5.32. The van der Waals surface area contributed by atoms with Gasteiger partial charge in [0, 0.05) is 29.8 Å². The van der Waals surface area contributed by atoms with E-state index in [9.17, 15) is 24.0 Å². The molecule has 3 rings (SSSR count). The fourth-order valence-corrected chi connectivity index (χ4v) is 3.69. The highest BCUT2D eigenvalue weighted by Crippen LogP contribution is 2.33. The molecule has 10 heteroatoms. The zero-order chi connectivity index (χ0) is 24.7. The first-order chi connectivity index (χ1) is 15.2. The lowest BCUT2D eigenvalue weighted by atomic mass is 10.0. The van der Waals surface area contributed by atoms with Crippen molar-refractivity contribution in [2.24, 2.45) is 0 Å². The molecule has 2 aliphatic rings. The molecule has 1 unspecified atom stereocenters. The van der Waals surface area contributed by atoms with Gasteiger partial charge in [0.1, 0.15) is 17.2 Å². The van der Waals surface area contributed by atoms with Crippen LogP contribution in [0, 0.1) is 0 Å². The number of amides is 5. The molecule has 10 nitrogen and oxygen atoms in total. The van der Waals surface area contributed by atoms with Gasteiger partial charge >= 0.3 is 12.2 Å². The minimum Gasteiger partial charge on any atom is -0.444 e. The highest BCUT2D eigenvalue weighted by molar-refractivity contribution is 6.13. The summed E-state index contributed by atoms with van der Waals surface area (Å²) in [6, 6.07) is 3.84. The second-order valence-electron chi connectivity index (χ2n) is 9.99. The minimum absolute atomic E-state index is 0.0346. The molecule has 0 radical (unpaired) electrons. The lowest BCUT2D eigenvalue weighted by molar-refractivity contribution is -0.150. The van der Waals surface area contributed by atoms with Crippen LogP contribution < -0.4 is 5.32 Å². The van der Waals surface area contributed by atoms with Crippen molar-refractivity contribution >= 4 is 35.6 Å². The molecular weight excluding hydrogens is 430 g/mol. The van der Waals surface area contributed by atoms with Crippen molar-refractivity contribution < 1.29 is 33.4 Å². The predicted octanol–water partition coefficient (Wildman–Crippen LogP) is 3.44. The van der Waals surface area contributed by atoms with Crippen LogP contribution in [0.5, 0.6) is 0 Å². The van der Waals surface area contributed by atoms with Crippen LogP contribution in [0.15, 0.2) is 18.2 Å². The van der Waals surface area contributed by atoms with E-state index in [1.807, 2.05) is 0 Å². The average molecular weight is 459 g/mol. The van der Waals surface area contributed by atoms with Crippen molar-refractivity contribution in [3.8, 4) is 0 Å². The van der Waals surface area contributed by atoms with Gasteiger partial charge in [-0.15, -0.1) is 0 Å². The van der Waals surface area contributed by atoms with Gasteiger partial charge in [0.15, 0.2) is 0 Å².